The molecular formula is C15H15NO4. The summed E-state index contributed by atoms with van der Waals surface area (Å²) in [7, 11) is 0. The van der Waals surface area contributed by atoms with Gasteiger partial charge in [-0.2, -0.15) is 0 Å². The second-order valence-electron chi connectivity index (χ2n) is 4.61. The van der Waals surface area contributed by atoms with E-state index in [1.165, 1.54) is 19.1 Å². The van der Waals surface area contributed by atoms with Gasteiger partial charge in [0.15, 0.2) is 11.2 Å². The van der Waals surface area contributed by atoms with Gasteiger partial charge in [-0.1, -0.05) is 6.07 Å². The van der Waals surface area contributed by atoms with E-state index < -0.39 is 0 Å². The van der Waals surface area contributed by atoms with Gasteiger partial charge in [0.2, 0.25) is 5.88 Å². The van der Waals surface area contributed by atoms with E-state index in [0.717, 1.165) is 5.56 Å². The number of phenolic OH excluding ortho intramolecular Hbond substituents is 1. The molecule has 5 nitrogen and oxygen atoms in total. The number of phenols is 1. The van der Waals surface area contributed by atoms with E-state index in [0.29, 0.717) is 11.4 Å². The van der Waals surface area contributed by atoms with Crippen molar-refractivity contribution in [2.45, 2.75) is 20.8 Å². The van der Waals surface area contributed by atoms with Crippen LogP contribution >= 0.6 is 0 Å². The maximum atomic E-state index is 11.8. The standard InChI is InChI=1S/C15H15NO4/c1-8-4-5-11(7-12(8)18)16-15-14(10(3)17)13(19)6-9(2)20-15/h4-7,16,18H,1-3H3. The molecule has 1 aromatic heterocycles. The van der Waals surface area contributed by atoms with Crippen LogP contribution in [-0.4, -0.2) is 10.9 Å². The number of aryl methyl sites for hydroxylation is 2. The quantitative estimate of drug-likeness (QED) is 0.840. The molecule has 0 unspecified atom stereocenters. The van der Waals surface area contributed by atoms with E-state index in [2.05, 4.69) is 5.32 Å². The fourth-order valence-electron chi connectivity index (χ4n) is 1.85. The minimum Gasteiger partial charge on any atom is -0.508 e. The highest BCUT2D eigenvalue weighted by Gasteiger charge is 2.15. The third-order valence-electron chi connectivity index (χ3n) is 2.89. The molecule has 2 rings (SSSR count). The highest BCUT2D eigenvalue weighted by Crippen LogP contribution is 2.25. The summed E-state index contributed by atoms with van der Waals surface area (Å²) in [5, 5.41) is 12.5. The van der Waals surface area contributed by atoms with Gasteiger partial charge in [-0.15, -0.1) is 0 Å². The van der Waals surface area contributed by atoms with E-state index >= 15 is 0 Å². The van der Waals surface area contributed by atoms with Gasteiger partial charge >= 0.3 is 0 Å². The lowest BCUT2D eigenvalue weighted by molar-refractivity contribution is 0.101. The summed E-state index contributed by atoms with van der Waals surface area (Å²) >= 11 is 0. The lowest BCUT2D eigenvalue weighted by Crippen LogP contribution is -2.15. The number of carbonyl (C=O) groups excluding carboxylic acids is 1. The van der Waals surface area contributed by atoms with Crippen molar-refractivity contribution in [1.29, 1.82) is 0 Å². The second kappa shape index (κ2) is 5.21. The molecule has 2 aromatic rings. The Balaban J connectivity index is 2.50. The number of ketones is 1. The lowest BCUT2D eigenvalue weighted by Gasteiger charge is -2.10. The number of carbonyl (C=O) groups is 1. The van der Waals surface area contributed by atoms with Crippen LogP contribution in [0, 0.1) is 13.8 Å². The number of nitrogens with one attached hydrogen (secondary N) is 1. The zero-order chi connectivity index (χ0) is 14.9. The number of Topliss-reactive ketones (excluding diaryl/α,β-unsaturated/α-hetero) is 1. The Morgan fingerprint density at radius 3 is 2.55 bits per heavy atom. The van der Waals surface area contributed by atoms with Crippen molar-refractivity contribution in [2.75, 3.05) is 5.32 Å². The summed E-state index contributed by atoms with van der Waals surface area (Å²) in [5.74, 6) is 0.233. The number of anilines is 2. The van der Waals surface area contributed by atoms with E-state index in [1.807, 2.05) is 0 Å². The van der Waals surface area contributed by atoms with Crippen LogP contribution in [-0.2, 0) is 0 Å². The molecule has 1 aromatic carbocycles. The van der Waals surface area contributed by atoms with Crippen LogP contribution in [0.4, 0.5) is 11.6 Å². The molecule has 0 amide bonds. The minimum absolute atomic E-state index is 0.0318. The molecule has 0 fully saturated rings. The van der Waals surface area contributed by atoms with Gasteiger partial charge in [-0.05, 0) is 32.4 Å². The van der Waals surface area contributed by atoms with Gasteiger partial charge in [0.1, 0.15) is 17.1 Å². The van der Waals surface area contributed by atoms with E-state index in [4.69, 9.17) is 4.42 Å². The monoisotopic (exact) mass is 273 g/mol. The molecule has 104 valence electrons. The molecule has 0 aliphatic rings. The summed E-state index contributed by atoms with van der Waals surface area (Å²) in [6, 6.07) is 6.22. The molecule has 0 saturated heterocycles. The zero-order valence-corrected chi connectivity index (χ0v) is 11.5. The molecule has 2 N–H and O–H groups in total. The first-order valence-corrected chi connectivity index (χ1v) is 6.11. The number of aromatic hydroxyl groups is 1. The van der Waals surface area contributed by atoms with Gasteiger partial charge in [0, 0.05) is 17.8 Å². The summed E-state index contributed by atoms with van der Waals surface area (Å²) in [5.41, 5.74) is 0.841. The van der Waals surface area contributed by atoms with Crippen molar-refractivity contribution in [3.63, 3.8) is 0 Å². The molecular weight excluding hydrogens is 258 g/mol. The van der Waals surface area contributed by atoms with E-state index in [-0.39, 0.29) is 28.4 Å². The van der Waals surface area contributed by atoms with Crippen LogP contribution in [0.1, 0.15) is 28.6 Å². The fraction of sp³-hybridized carbons (Fsp3) is 0.200. The van der Waals surface area contributed by atoms with Gasteiger partial charge in [0.25, 0.3) is 0 Å². The maximum Gasteiger partial charge on any atom is 0.212 e. The average Bonchev–Trinajstić information content (AvgIpc) is 2.32. The fourth-order valence-corrected chi connectivity index (χ4v) is 1.85. The minimum atomic E-state index is -0.389. The normalized spacial score (nSPS) is 10.3. The van der Waals surface area contributed by atoms with Gasteiger partial charge in [-0.25, -0.2) is 0 Å². The van der Waals surface area contributed by atoms with Crippen LogP contribution in [0.15, 0.2) is 33.5 Å². The van der Waals surface area contributed by atoms with Crippen LogP contribution in [0.2, 0.25) is 0 Å². The maximum absolute atomic E-state index is 11.8. The Morgan fingerprint density at radius 1 is 1.25 bits per heavy atom. The molecule has 0 radical (unpaired) electrons. The molecule has 1 heterocycles. The van der Waals surface area contributed by atoms with Gasteiger partial charge in [-0.3, -0.25) is 9.59 Å². The van der Waals surface area contributed by atoms with E-state index in [1.54, 1.807) is 26.0 Å². The topological polar surface area (TPSA) is 79.5 Å². The number of benzene rings is 1. The number of rotatable bonds is 3. The third-order valence-corrected chi connectivity index (χ3v) is 2.89. The molecule has 0 aliphatic carbocycles. The van der Waals surface area contributed by atoms with Gasteiger partial charge in [0.05, 0.1) is 0 Å². The average molecular weight is 273 g/mol. The van der Waals surface area contributed by atoms with Crippen molar-refractivity contribution >= 4 is 17.4 Å². The highest BCUT2D eigenvalue weighted by molar-refractivity contribution is 5.98. The van der Waals surface area contributed by atoms with Crippen molar-refractivity contribution in [2.24, 2.45) is 0 Å². The summed E-state index contributed by atoms with van der Waals surface area (Å²) in [4.78, 5) is 23.4. The lowest BCUT2D eigenvalue weighted by atomic mass is 10.1. The SMILES string of the molecule is CC(=O)c1c(Nc2ccc(C)c(O)c2)oc(C)cc1=O. The molecule has 5 heteroatoms. The molecule has 0 atom stereocenters. The highest BCUT2D eigenvalue weighted by atomic mass is 16.4. The number of hydrogen-bond acceptors (Lipinski definition) is 5. The summed E-state index contributed by atoms with van der Waals surface area (Å²) in [6.07, 6.45) is 0. The van der Waals surface area contributed by atoms with Crippen LogP contribution in [0.5, 0.6) is 5.75 Å². The summed E-state index contributed by atoms with van der Waals surface area (Å²) < 4.78 is 5.41. The van der Waals surface area contributed by atoms with Crippen molar-refractivity contribution in [3.05, 3.63) is 51.4 Å². The Morgan fingerprint density at radius 2 is 1.95 bits per heavy atom. The Labute approximate surface area is 115 Å². The van der Waals surface area contributed by atoms with Crippen LogP contribution in [0.25, 0.3) is 0 Å². The van der Waals surface area contributed by atoms with Crippen LogP contribution in [0.3, 0.4) is 0 Å². The van der Waals surface area contributed by atoms with Crippen molar-refractivity contribution in [3.8, 4) is 5.75 Å². The van der Waals surface area contributed by atoms with Crippen molar-refractivity contribution in [1.82, 2.24) is 0 Å². The predicted molar refractivity (Wildman–Crippen MR) is 75.8 cm³/mol. The Bertz CT molecular complexity index is 731. The molecule has 0 saturated carbocycles. The molecule has 0 bridgehead atoms. The number of hydrogen-bond donors (Lipinski definition) is 2. The Kier molecular flexibility index (Phi) is 3.61. The second-order valence-corrected chi connectivity index (χ2v) is 4.61. The van der Waals surface area contributed by atoms with E-state index in [9.17, 15) is 14.7 Å². The van der Waals surface area contributed by atoms with Gasteiger partial charge < -0.3 is 14.8 Å². The first-order chi connectivity index (χ1) is 9.38. The summed E-state index contributed by atoms with van der Waals surface area (Å²) in [6.45, 7) is 4.70. The molecule has 0 aliphatic heterocycles. The van der Waals surface area contributed by atoms with Crippen molar-refractivity contribution < 1.29 is 14.3 Å². The largest absolute Gasteiger partial charge is 0.508 e. The van der Waals surface area contributed by atoms with Crippen LogP contribution < -0.4 is 10.7 Å². The molecule has 20 heavy (non-hydrogen) atoms. The predicted octanol–water partition coefficient (Wildman–Crippen LogP) is 2.91. The smallest absolute Gasteiger partial charge is 0.212 e. The molecule has 0 spiro atoms. The third kappa shape index (κ3) is 2.71. The first kappa shape index (κ1) is 13.9. The first-order valence-electron chi connectivity index (χ1n) is 6.11. The Hall–Kier alpha value is -2.56. The zero-order valence-electron chi connectivity index (χ0n) is 11.5.